The summed E-state index contributed by atoms with van der Waals surface area (Å²) >= 11 is 0. The minimum Gasteiger partial charge on any atom is -0.464 e. The molecule has 0 radical (unpaired) electrons. The van der Waals surface area contributed by atoms with Crippen molar-refractivity contribution < 1.29 is 4.42 Å². The van der Waals surface area contributed by atoms with Crippen molar-refractivity contribution in [2.75, 3.05) is 6.54 Å². The molecule has 0 atom stereocenters. The first kappa shape index (κ1) is 9.28. The van der Waals surface area contributed by atoms with E-state index >= 15 is 0 Å². The minimum absolute atomic E-state index is 0.732. The molecule has 2 aromatic rings. The van der Waals surface area contributed by atoms with Crippen LogP contribution in [-0.4, -0.2) is 6.54 Å². The SMILES string of the molecule is Cc1coc2c(CCCN)cccc12. The van der Waals surface area contributed by atoms with Gasteiger partial charge in [-0.1, -0.05) is 18.2 Å². The van der Waals surface area contributed by atoms with Gasteiger partial charge < -0.3 is 10.2 Å². The van der Waals surface area contributed by atoms with Gasteiger partial charge in [0.25, 0.3) is 0 Å². The molecule has 1 heterocycles. The summed E-state index contributed by atoms with van der Waals surface area (Å²) in [5.74, 6) is 0. The average Bonchev–Trinajstić information content (AvgIpc) is 2.58. The molecule has 2 rings (SSSR count). The monoisotopic (exact) mass is 189 g/mol. The molecule has 1 aromatic heterocycles. The Morgan fingerprint density at radius 3 is 3.00 bits per heavy atom. The summed E-state index contributed by atoms with van der Waals surface area (Å²) in [6.45, 7) is 2.80. The molecule has 2 N–H and O–H groups in total. The van der Waals surface area contributed by atoms with Crippen LogP contribution in [0.4, 0.5) is 0 Å². The van der Waals surface area contributed by atoms with E-state index in [0.717, 1.165) is 25.0 Å². The van der Waals surface area contributed by atoms with Gasteiger partial charge in [0.2, 0.25) is 0 Å². The highest BCUT2D eigenvalue weighted by molar-refractivity contribution is 5.83. The van der Waals surface area contributed by atoms with E-state index in [-0.39, 0.29) is 0 Å². The van der Waals surface area contributed by atoms with Crippen LogP contribution in [0.2, 0.25) is 0 Å². The van der Waals surface area contributed by atoms with Gasteiger partial charge in [-0.3, -0.25) is 0 Å². The van der Waals surface area contributed by atoms with Gasteiger partial charge in [-0.2, -0.15) is 0 Å². The van der Waals surface area contributed by atoms with Gasteiger partial charge in [-0.15, -0.1) is 0 Å². The van der Waals surface area contributed by atoms with E-state index in [0.29, 0.717) is 0 Å². The molecule has 0 aliphatic rings. The normalized spacial score (nSPS) is 11.0. The predicted molar refractivity (Wildman–Crippen MR) is 58.3 cm³/mol. The largest absolute Gasteiger partial charge is 0.464 e. The molecule has 1 aromatic carbocycles. The Balaban J connectivity index is 2.44. The topological polar surface area (TPSA) is 39.2 Å². The lowest BCUT2D eigenvalue weighted by Gasteiger charge is -2.00. The third-order valence-electron chi connectivity index (χ3n) is 2.53. The molecule has 0 fully saturated rings. The standard InChI is InChI=1S/C12H15NO/c1-9-8-14-12-10(5-3-7-13)4-2-6-11(9)12/h2,4,6,8H,3,5,7,13H2,1H3. The number of fused-ring (bicyclic) bond motifs is 1. The maximum absolute atomic E-state index is 5.54. The Labute approximate surface area is 83.7 Å². The van der Waals surface area contributed by atoms with Crippen molar-refractivity contribution in [3.8, 4) is 0 Å². The Bertz CT molecular complexity index is 431. The third kappa shape index (κ3) is 1.53. The molecule has 0 bridgehead atoms. The molecule has 14 heavy (non-hydrogen) atoms. The summed E-state index contributed by atoms with van der Waals surface area (Å²) in [7, 11) is 0. The molecular weight excluding hydrogens is 174 g/mol. The minimum atomic E-state index is 0.732. The molecule has 74 valence electrons. The first-order valence-electron chi connectivity index (χ1n) is 4.98. The van der Waals surface area contributed by atoms with E-state index in [1.807, 2.05) is 6.26 Å². The van der Waals surface area contributed by atoms with E-state index in [9.17, 15) is 0 Å². The highest BCUT2D eigenvalue weighted by Gasteiger charge is 2.05. The summed E-state index contributed by atoms with van der Waals surface area (Å²) in [4.78, 5) is 0. The van der Waals surface area contributed by atoms with Gasteiger partial charge in [-0.25, -0.2) is 0 Å². The van der Waals surface area contributed by atoms with Gasteiger partial charge in [0.15, 0.2) is 0 Å². The van der Waals surface area contributed by atoms with Crippen LogP contribution in [0.3, 0.4) is 0 Å². The fourth-order valence-electron chi connectivity index (χ4n) is 1.73. The van der Waals surface area contributed by atoms with Crippen molar-refractivity contribution >= 4 is 11.0 Å². The van der Waals surface area contributed by atoms with E-state index in [1.165, 1.54) is 16.5 Å². The zero-order chi connectivity index (χ0) is 9.97. The fraction of sp³-hybridized carbons (Fsp3) is 0.333. The smallest absolute Gasteiger partial charge is 0.137 e. The average molecular weight is 189 g/mol. The van der Waals surface area contributed by atoms with Crippen LogP contribution in [0, 0.1) is 6.92 Å². The lowest BCUT2D eigenvalue weighted by atomic mass is 10.1. The molecule has 0 aliphatic heterocycles. The number of aryl methyl sites for hydroxylation is 2. The molecule has 0 saturated carbocycles. The second-order valence-electron chi connectivity index (χ2n) is 3.60. The van der Waals surface area contributed by atoms with E-state index in [1.54, 1.807) is 0 Å². The van der Waals surface area contributed by atoms with Crippen LogP contribution < -0.4 is 5.73 Å². The Morgan fingerprint density at radius 2 is 2.21 bits per heavy atom. The van der Waals surface area contributed by atoms with Crippen molar-refractivity contribution in [1.82, 2.24) is 0 Å². The highest BCUT2D eigenvalue weighted by atomic mass is 16.3. The van der Waals surface area contributed by atoms with E-state index < -0.39 is 0 Å². The number of hydrogen-bond acceptors (Lipinski definition) is 2. The molecule has 2 heteroatoms. The van der Waals surface area contributed by atoms with Crippen LogP contribution in [0.1, 0.15) is 17.5 Å². The second kappa shape index (κ2) is 3.84. The van der Waals surface area contributed by atoms with Gasteiger partial charge in [0.1, 0.15) is 5.58 Å². The van der Waals surface area contributed by atoms with Crippen molar-refractivity contribution in [3.05, 3.63) is 35.6 Å². The lowest BCUT2D eigenvalue weighted by molar-refractivity contribution is 0.607. The number of hydrogen-bond donors (Lipinski definition) is 1. The molecule has 0 spiro atoms. The van der Waals surface area contributed by atoms with Gasteiger partial charge >= 0.3 is 0 Å². The van der Waals surface area contributed by atoms with E-state index in [2.05, 4.69) is 25.1 Å². The molecule has 0 unspecified atom stereocenters. The third-order valence-corrected chi connectivity index (χ3v) is 2.53. The van der Waals surface area contributed by atoms with Crippen LogP contribution in [0.5, 0.6) is 0 Å². The Hall–Kier alpha value is -1.28. The molecule has 0 saturated heterocycles. The van der Waals surface area contributed by atoms with Crippen molar-refractivity contribution in [3.63, 3.8) is 0 Å². The molecule has 2 nitrogen and oxygen atoms in total. The zero-order valence-electron chi connectivity index (χ0n) is 8.42. The molecule has 0 amide bonds. The number of rotatable bonds is 3. The van der Waals surface area contributed by atoms with Crippen molar-refractivity contribution in [1.29, 1.82) is 0 Å². The zero-order valence-corrected chi connectivity index (χ0v) is 8.42. The highest BCUT2D eigenvalue weighted by Crippen LogP contribution is 2.24. The van der Waals surface area contributed by atoms with Crippen LogP contribution >= 0.6 is 0 Å². The van der Waals surface area contributed by atoms with Crippen molar-refractivity contribution in [2.24, 2.45) is 5.73 Å². The number of para-hydroxylation sites is 1. The maximum atomic E-state index is 5.54. The molecule has 0 aliphatic carbocycles. The second-order valence-corrected chi connectivity index (χ2v) is 3.60. The van der Waals surface area contributed by atoms with Gasteiger partial charge in [0, 0.05) is 5.39 Å². The predicted octanol–water partition coefficient (Wildman–Crippen LogP) is 2.63. The summed E-state index contributed by atoms with van der Waals surface area (Å²) in [6.07, 6.45) is 3.83. The molecular formula is C12H15NO. The quantitative estimate of drug-likeness (QED) is 0.806. The van der Waals surface area contributed by atoms with Crippen LogP contribution in [-0.2, 0) is 6.42 Å². The number of furan rings is 1. The summed E-state index contributed by atoms with van der Waals surface area (Å²) < 4.78 is 5.54. The van der Waals surface area contributed by atoms with Crippen LogP contribution in [0.15, 0.2) is 28.9 Å². The summed E-state index contributed by atoms with van der Waals surface area (Å²) in [6, 6.07) is 6.29. The summed E-state index contributed by atoms with van der Waals surface area (Å²) in [5, 5.41) is 1.22. The Morgan fingerprint density at radius 1 is 1.36 bits per heavy atom. The number of nitrogens with two attached hydrogens (primary N) is 1. The fourth-order valence-corrected chi connectivity index (χ4v) is 1.73. The Kier molecular flexibility index (Phi) is 2.55. The number of benzene rings is 1. The maximum Gasteiger partial charge on any atom is 0.137 e. The van der Waals surface area contributed by atoms with Gasteiger partial charge in [0.05, 0.1) is 6.26 Å². The summed E-state index contributed by atoms with van der Waals surface area (Å²) in [5.41, 5.74) is 8.99. The van der Waals surface area contributed by atoms with Crippen molar-refractivity contribution in [2.45, 2.75) is 19.8 Å². The van der Waals surface area contributed by atoms with Gasteiger partial charge in [-0.05, 0) is 37.4 Å². The van der Waals surface area contributed by atoms with E-state index in [4.69, 9.17) is 10.2 Å². The first-order chi connectivity index (χ1) is 6.83. The first-order valence-corrected chi connectivity index (χ1v) is 4.98. The lowest BCUT2D eigenvalue weighted by Crippen LogP contribution is -2.00. The van der Waals surface area contributed by atoms with Crippen LogP contribution in [0.25, 0.3) is 11.0 Å².